The highest BCUT2D eigenvalue weighted by Crippen LogP contribution is 2.31. The number of hydrogen-bond acceptors (Lipinski definition) is 6. The summed E-state index contributed by atoms with van der Waals surface area (Å²) in [4.78, 5) is 12.6. The van der Waals surface area contributed by atoms with Crippen LogP contribution < -0.4 is 19.5 Å². The van der Waals surface area contributed by atoms with Crippen LogP contribution in [0.2, 0.25) is 0 Å². The number of nitrogens with zero attached hydrogens (tertiary/aromatic N) is 3. The lowest BCUT2D eigenvalue weighted by Gasteiger charge is -2.26. The van der Waals surface area contributed by atoms with Crippen molar-refractivity contribution in [2.24, 2.45) is 0 Å². The minimum atomic E-state index is -0.308. The number of nitrogens with one attached hydrogen (secondary N) is 2. The van der Waals surface area contributed by atoms with E-state index >= 15 is 0 Å². The number of amides is 1. The third-order valence-electron chi connectivity index (χ3n) is 5.04. The van der Waals surface area contributed by atoms with Crippen LogP contribution in [0, 0.1) is 0 Å². The molecule has 1 unspecified atom stereocenters. The first-order valence-corrected chi connectivity index (χ1v) is 10.1. The van der Waals surface area contributed by atoms with Gasteiger partial charge in [0.2, 0.25) is 0 Å². The number of carbonyl (C=O) groups excluding carboxylic acids is 1. The predicted octanol–water partition coefficient (Wildman–Crippen LogP) is 3.37. The van der Waals surface area contributed by atoms with Crippen molar-refractivity contribution >= 4 is 11.6 Å². The topological polar surface area (TPSA) is 103 Å². The second-order valence-corrected chi connectivity index (χ2v) is 7.30. The van der Waals surface area contributed by atoms with Crippen LogP contribution in [-0.2, 0) is 6.54 Å². The first-order chi connectivity index (χ1) is 15.7. The Hall–Kier alpha value is -4.27. The van der Waals surface area contributed by atoms with E-state index in [1.165, 1.54) is 0 Å². The van der Waals surface area contributed by atoms with Gasteiger partial charge in [-0.3, -0.25) is 14.6 Å². The van der Waals surface area contributed by atoms with Crippen molar-refractivity contribution in [3.05, 3.63) is 72.7 Å². The molecule has 9 nitrogen and oxygen atoms in total. The van der Waals surface area contributed by atoms with Crippen molar-refractivity contribution in [2.45, 2.75) is 12.6 Å². The lowest BCUT2D eigenvalue weighted by atomic mass is 10.1. The molecule has 1 aliphatic rings. The van der Waals surface area contributed by atoms with Gasteiger partial charge in [0.25, 0.3) is 5.91 Å². The SMILES string of the molecule is COc1cccc(-c2cc(C(=O)Nc3cnn(CC4COc5ccccc5O4)c3)[nH]n2)c1. The van der Waals surface area contributed by atoms with Crippen molar-refractivity contribution in [2.75, 3.05) is 19.0 Å². The Morgan fingerprint density at radius 2 is 2.09 bits per heavy atom. The van der Waals surface area contributed by atoms with Crippen molar-refractivity contribution in [3.63, 3.8) is 0 Å². The van der Waals surface area contributed by atoms with Crippen LogP contribution in [-0.4, -0.2) is 45.7 Å². The molecule has 0 spiro atoms. The van der Waals surface area contributed by atoms with Crippen LogP contribution in [0.25, 0.3) is 11.3 Å². The van der Waals surface area contributed by atoms with Crippen LogP contribution in [0.15, 0.2) is 67.0 Å². The summed E-state index contributed by atoms with van der Waals surface area (Å²) in [7, 11) is 1.61. The van der Waals surface area contributed by atoms with Gasteiger partial charge in [-0.2, -0.15) is 10.2 Å². The molecule has 162 valence electrons. The first kappa shape index (κ1) is 19.7. The number of methoxy groups -OCH3 is 1. The number of ether oxygens (including phenoxy) is 3. The number of hydrogen-bond donors (Lipinski definition) is 2. The Morgan fingerprint density at radius 3 is 2.97 bits per heavy atom. The molecule has 3 heterocycles. The smallest absolute Gasteiger partial charge is 0.273 e. The molecule has 32 heavy (non-hydrogen) atoms. The molecule has 0 saturated carbocycles. The summed E-state index contributed by atoms with van der Waals surface area (Å²) < 4.78 is 18.7. The number of fused-ring (bicyclic) bond motifs is 1. The van der Waals surface area contributed by atoms with E-state index in [1.54, 1.807) is 30.3 Å². The summed E-state index contributed by atoms with van der Waals surface area (Å²) in [6.45, 7) is 0.925. The molecule has 9 heteroatoms. The molecule has 1 atom stereocenters. The number of aromatic nitrogens is 4. The van der Waals surface area contributed by atoms with Gasteiger partial charge in [-0.25, -0.2) is 0 Å². The maximum Gasteiger partial charge on any atom is 0.273 e. The van der Waals surface area contributed by atoms with E-state index in [9.17, 15) is 4.79 Å². The number of carbonyl (C=O) groups is 1. The summed E-state index contributed by atoms with van der Waals surface area (Å²) in [6, 6.07) is 16.7. The summed E-state index contributed by atoms with van der Waals surface area (Å²) >= 11 is 0. The van der Waals surface area contributed by atoms with Crippen LogP contribution >= 0.6 is 0 Å². The van der Waals surface area contributed by atoms with Crippen molar-refractivity contribution in [1.29, 1.82) is 0 Å². The third kappa shape index (κ3) is 4.13. The van der Waals surface area contributed by atoms with Crippen LogP contribution in [0.3, 0.4) is 0 Å². The number of H-pyrrole nitrogens is 1. The highest BCUT2D eigenvalue weighted by Gasteiger charge is 2.21. The zero-order valence-electron chi connectivity index (χ0n) is 17.3. The standard InChI is InChI=1S/C23H21N5O4/c1-30-17-6-4-5-15(9-17)19-10-20(27-26-19)23(29)25-16-11-24-28(12-16)13-18-14-31-21-7-2-3-8-22(21)32-18/h2-12,18H,13-14H2,1H3,(H,25,29)(H,26,27). The van der Waals surface area contributed by atoms with Crippen molar-refractivity contribution in [1.82, 2.24) is 20.0 Å². The molecule has 0 aliphatic carbocycles. The largest absolute Gasteiger partial charge is 0.497 e. The quantitative estimate of drug-likeness (QED) is 0.485. The lowest BCUT2D eigenvalue weighted by Crippen LogP contribution is -2.33. The molecule has 0 radical (unpaired) electrons. The van der Waals surface area contributed by atoms with Gasteiger partial charge in [0.1, 0.15) is 18.1 Å². The van der Waals surface area contributed by atoms with Gasteiger partial charge in [-0.15, -0.1) is 0 Å². The normalized spacial score (nSPS) is 14.7. The van der Waals surface area contributed by atoms with E-state index in [-0.39, 0.29) is 12.0 Å². The fraction of sp³-hybridized carbons (Fsp3) is 0.174. The second kappa shape index (κ2) is 8.46. The van der Waals surface area contributed by atoms with E-state index in [1.807, 2.05) is 48.5 Å². The van der Waals surface area contributed by atoms with E-state index < -0.39 is 0 Å². The Balaban J connectivity index is 1.21. The molecular weight excluding hydrogens is 410 g/mol. The average molecular weight is 431 g/mol. The van der Waals surface area contributed by atoms with Gasteiger partial charge >= 0.3 is 0 Å². The van der Waals surface area contributed by atoms with Crippen molar-refractivity contribution in [3.8, 4) is 28.5 Å². The molecular formula is C23H21N5O4. The third-order valence-corrected chi connectivity index (χ3v) is 5.04. The molecule has 5 rings (SSSR count). The van der Waals surface area contributed by atoms with E-state index in [4.69, 9.17) is 14.2 Å². The van der Waals surface area contributed by atoms with Gasteiger partial charge in [0.05, 0.1) is 31.2 Å². The molecule has 4 aromatic rings. The Bertz CT molecular complexity index is 1250. The molecule has 0 fully saturated rings. The van der Waals surface area contributed by atoms with Crippen LogP contribution in [0.4, 0.5) is 5.69 Å². The minimum absolute atomic E-state index is 0.175. The highest BCUT2D eigenvalue weighted by molar-refractivity contribution is 6.03. The van der Waals surface area contributed by atoms with Gasteiger partial charge < -0.3 is 19.5 Å². The number of benzene rings is 2. The first-order valence-electron chi connectivity index (χ1n) is 10.1. The number of rotatable bonds is 6. The predicted molar refractivity (Wildman–Crippen MR) is 117 cm³/mol. The number of para-hydroxylation sites is 2. The maximum absolute atomic E-state index is 12.6. The van der Waals surface area contributed by atoms with Gasteiger partial charge in [-0.1, -0.05) is 24.3 Å². The van der Waals surface area contributed by atoms with Crippen LogP contribution in [0.1, 0.15) is 10.5 Å². The molecule has 2 aromatic heterocycles. The zero-order valence-corrected chi connectivity index (χ0v) is 17.3. The molecule has 0 saturated heterocycles. The van der Waals surface area contributed by atoms with Crippen molar-refractivity contribution < 1.29 is 19.0 Å². The molecule has 1 amide bonds. The fourth-order valence-electron chi connectivity index (χ4n) is 3.46. The summed E-state index contributed by atoms with van der Waals surface area (Å²) in [5.74, 6) is 1.87. The van der Waals surface area contributed by atoms with Gasteiger partial charge in [0, 0.05) is 11.8 Å². The molecule has 0 bridgehead atoms. The number of anilines is 1. The molecule has 1 aliphatic heterocycles. The minimum Gasteiger partial charge on any atom is -0.497 e. The summed E-state index contributed by atoms with van der Waals surface area (Å²) in [5.41, 5.74) is 2.42. The second-order valence-electron chi connectivity index (χ2n) is 7.30. The number of aromatic amines is 1. The Labute approximate surface area is 183 Å². The lowest BCUT2D eigenvalue weighted by molar-refractivity contribution is 0.0759. The van der Waals surface area contributed by atoms with E-state index in [0.717, 1.165) is 22.8 Å². The van der Waals surface area contributed by atoms with E-state index in [0.29, 0.717) is 30.2 Å². The highest BCUT2D eigenvalue weighted by atomic mass is 16.6. The zero-order chi connectivity index (χ0) is 21.9. The molecule has 2 N–H and O–H groups in total. The van der Waals surface area contributed by atoms with Crippen LogP contribution in [0.5, 0.6) is 17.2 Å². The summed E-state index contributed by atoms with van der Waals surface area (Å²) in [5, 5.41) is 14.2. The van der Waals surface area contributed by atoms with Gasteiger partial charge in [-0.05, 0) is 30.3 Å². The van der Waals surface area contributed by atoms with E-state index in [2.05, 4.69) is 20.6 Å². The monoisotopic (exact) mass is 431 g/mol. The Morgan fingerprint density at radius 1 is 1.22 bits per heavy atom. The molecule has 2 aromatic carbocycles. The van der Waals surface area contributed by atoms with Gasteiger partial charge in [0.15, 0.2) is 17.6 Å². The Kier molecular flexibility index (Phi) is 5.20. The summed E-state index contributed by atoms with van der Waals surface area (Å²) in [6.07, 6.45) is 3.17. The fourth-order valence-corrected chi connectivity index (χ4v) is 3.46. The maximum atomic E-state index is 12.6. The average Bonchev–Trinajstić information content (AvgIpc) is 3.49.